The van der Waals surface area contributed by atoms with Crippen LogP contribution in [0.1, 0.15) is 61.8 Å². The van der Waals surface area contributed by atoms with E-state index < -0.39 is 0 Å². The van der Waals surface area contributed by atoms with Crippen molar-refractivity contribution in [3.8, 4) is 0 Å². The van der Waals surface area contributed by atoms with Gasteiger partial charge in [-0.2, -0.15) is 0 Å². The first-order valence-corrected chi connectivity index (χ1v) is 8.33. The zero-order chi connectivity index (χ0) is 14.7. The summed E-state index contributed by atoms with van der Waals surface area (Å²) in [4.78, 5) is 0. The Balaban J connectivity index is 2.07. The molecule has 0 heteroatoms. The highest BCUT2D eigenvalue weighted by Crippen LogP contribution is 2.67. The van der Waals surface area contributed by atoms with Gasteiger partial charge >= 0.3 is 0 Å². The molecule has 0 aliphatic heterocycles. The maximum absolute atomic E-state index is 2.53. The third-order valence-electron chi connectivity index (χ3n) is 6.80. The average Bonchev–Trinajstić information content (AvgIpc) is 3.01. The molecule has 0 fully saturated rings. The van der Waals surface area contributed by atoms with Crippen LogP contribution in [0.5, 0.6) is 0 Å². The highest BCUT2D eigenvalue weighted by molar-refractivity contribution is 5.58. The molecule has 2 aliphatic carbocycles. The molecule has 3 unspecified atom stereocenters. The first-order chi connectivity index (χ1) is 10.1. The van der Waals surface area contributed by atoms with Crippen molar-refractivity contribution in [3.63, 3.8) is 0 Å². The number of benzene rings is 2. The summed E-state index contributed by atoms with van der Waals surface area (Å²) < 4.78 is 0. The van der Waals surface area contributed by atoms with Crippen LogP contribution in [-0.4, -0.2) is 0 Å². The quantitative estimate of drug-likeness (QED) is 0.649. The van der Waals surface area contributed by atoms with E-state index in [0.717, 1.165) is 0 Å². The van der Waals surface area contributed by atoms with E-state index in [9.17, 15) is 0 Å². The van der Waals surface area contributed by atoms with Crippen LogP contribution in [0.3, 0.4) is 0 Å². The van der Waals surface area contributed by atoms with Gasteiger partial charge in [0, 0.05) is 5.41 Å². The summed E-state index contributed by atoms with van der Waals surface area (Å²) in [6.45, 7) is 7.35. The molecule has 2 aromatic rings. The van der Waals surface area contributed by atoms with E-state index >= 15 is 0 Å². The van der Waals surface area contributed by atoms with Gasteiger partial charge in [-0.15, -0.1) is 0 Å². The normalized spacial score (nSPS) is 33.2. The van der Waals surface area contributed by atoms with Gasteiger partial charge in [-0.25, -0.2) is 0 Å². The van der Waals surface area contributed by atoms with Crippen molar-refractivity contribution in [2.24, 2.45) is 5.41 Å². The van der Waals surface area contributed by atoms with Crippen molar-refractivity contribution in [2.75, 3.05) is 0 Å². The smallest absolute Gasteiger partial charge is 0.0270 e. The number of rotatable bonds is 1. The minimum absolute atomic E-state index is 0.231. The van der Waals surface area contributed by atoms with Crippen molar-refractivity contribution in [3.05, 3.63) is 70.8 Å². The van der Waals surface area contributed by atoms with E-state index in [1.54, 1.807) is 22.3 Å². The monoisotopic (exact) mass is 276 g/mol. The lowest BCUT2D eigenvalue weighted by atomic mass is 9.58. The van der Waals surface area contributed by atoms with Crippen LogP contribution in [0.2, 0.25) is 0 Å². The molecule has 3 atom stereocenters. The number of fused-ring (bicyclic) bond motifs is 4. The molecule has 1 spiro atoms. The van der Waals surface area contributed by atoms with Gasteiger partial charge in [0.1, 0.15) is 0 Å². The van der Waals surface area contributed by atoms with Crippen molar-refractivity contribution in [2.45, 2.75) is 51.4 Å². The molecule has 21 heavy (non-hydrogen) atoms. The van der Waals surface area contributed by atoms with E-state index in [1.165, 1.54) is 19.3 Å². The molecule has 0 saturated carbocycles. The summed E-state index contributed by atoms with van der Waals surface area (Å²) in [6.07, 6.45) is 3.74. The topological polar surface area (TPSA) is 0 Å². The molecule has 0 saturated heterocycles. The van der Waals surface area contributed by atoms with E-state index in [-0.39, 0.29) is 5.41 Å². The van der Waals surface area contributed by atoms with Crippen molar-refractivity contribution in [1.82, 2.24) is 0 Å². The zero-order valence-corrected chi connectivity index (χ0v) is 13.3. The summed E-state index contributed by atoms with van der Waals surface area (Å²) in [6, 6.07) is 18.4. The molecule has 0 radical (unpaired) electrons. The van der Waals surface area contributed by atoms with Crippen LogP contribution >= 0.6 is 0 Å². The lowest BCUT2D eigenvalue weighted by Gasteiger charge is -2.45. The van der Waals surface area contributed by atoms with E-state index in [0.29, 0.717) is 11.3 Å². The molecule has 2 aliphatic rings. The van der Waals surface area contributed by atoms with Crippen molar-refractivity contribution < 1.29 is 0 Å². The van der Waals surface area contributed by atoms with Gasteiger partial charge in [-0.3, -0.25) is 0 Å². The van der Waals surface area contributed by atoms with Gasteiger partial charge in [0.25, 0.3) is 0 Å². The Labute approximate surface area is 128 Å². The molecule has 0 bridgehead atoms. The van der Waals surface area contributed by atoms with Crippen LogP contribution in [0.15, 0.2) is 48.5 Å². The van der Waals surface area contributed by atoms with Crippen molar-refractivity contribution >= 4 is 0 Å². The molecule has 0 N–H and O–H groups in total. The molecule has 0 heterocycles. The Morgan fingerprint density at radius 1 is 1.00 bits per heavy atom. The number of hydrogen-bond acceptors (Lipinski definition) is 0. The van der Waals surface area contributed by atoms with Gasteiger partial charge in [-0.05, 0) is 52.8 Å². The average molecular weight is 276 g/mol. The predicted molar refractivity (Wildman–Crippen MR) is 88.8 cm³/mol. The Kier molecular flexibility index (Phi) is 2.64. The third kappa shape index (κ3) is 1.36. The second-order valence-electron chi connectivity index (χ2n) is 7.14. The Hall–Kier alpha value is -1.56. The summed E-state index contributed by atoms with van der Waals surface area (Å²) in [5.41, 5.74) is 6.91. The van der Waals surface area contributed by atoms with Gasteiger partial charge < -0.3 is 0 Å². The standard InChI is InChI=1S/C21H24/c1-4-20(3)15(2)17-10-6-8-12-19(17)21(20)14-13-16-9-5-7-11-18(16)21/h5-12,15H,4,13-14H2,1-3H3. The van der Waals surface area contributed by atoms with Crippen LogP contribution in [-0.2, 0) is 11.8 Å². The third-order valence-corrected chi connectivity index (χ3v) is 6.80. The zero-order valence-electron chi connectivity index (χ0n) is 13.3. The molecule has 2 aromatic carbocycles. The number of hydrogen-bond donors (Lipinski definition) is 0. The summed E-state index contributed by atoms with van der Waals surface area (Å²) >= 11 is 0. The number of aryl methyl sites for hydroxylation is 1. The Morgan fingerprint density at radius 3 is 2.43 bits per heavy atom. The molecule has 0 aromatic heterocycles. The fourth-order valence-corrected chi connectivity index (χ4v) is 5.38. The SMILES string of the molecule is CCC1(C)C(C)c2ccccc2C12CCc1ccccc12. The lowest BCUT2D eigenvalue weighted by molar-refractivity contribution is 0.157. The molecular weight excluding hydrogens is 252 g/mol. The second-order valence-corrected chi connectivity index (χ2v) is 7.14. The first kappa shape index (κ1) is 13.1. The predicted octanol–water partition coefficient (Wildman–Crippen LogP) is 5.45. The maximum atomic E-state index is 2.53. The largest absolute Gasteiger partial charge is 0.0648 e. The van der Waals surface area contributed by atoms with E-state index in [1.807, 2.05) is 0 Å². The minimum atomic E-state index is 0.231. The Morgan fingerprint density at radius 2 is 1.67 bits per heavy atom. The second kappa shape index (κ2) is 4.22. The minimum Gasteiger partial charge on any atom is -0.0648 e. The van der Waals surface area contributed by atoms with Crippen LogP contribution in [0.25, 0.3) is 0 Å². The van der Waals surface area contributed by atoms with Gasteiger partial charge in [0.2, 0.25) is 0 Å². The molecular formula is C21H24. The fourth-order valence-electron chi connectivity index (χ4n) is 5.38. The summed E-state index contributed by atoms with van der Waals surface area (Å²) in [5, 5.41) is 0. The highest BCUT2D eigenvalue weighted by atomic mass is 14.6. The van der Waals surface area contributed by atoms with Gasteiger partial charge in [-0.1, -0.05) is 69.3 Å². The van der Waals surface area contributed by atoms with Gasteiger partial charge in [0.05, 0.1) is 0 Å². The fraction of sp³-hybridized carbons (Fsp3) is 0.429. The van der Waals surface area contributed by atoms with Crippen LogP contribution in [0.4, 0.5) is 0 Å². The molecule has 0 amide bonds. The van der Waals surface area contributed by atoms with Crippen LogP contribution in [0, 0.1) is 5.41 Å². The van der Waals surface area contributed by atoms with Gasteiger partial charge in [0.15, 0.2) is 0 Å². The lowest BCUT2D eigenvalue weighted by Crippen LogP contribution is -2.40. The van der Waals surface area contributed by atoms with Crippen molar-refractivity contribution in [1.29, 1.82) is 0 Å². The summed E-state index contributed by atoms with van der Waals surface area (Å²) in [7, 11) is 0. The Bertz CT molecular complexity index is 699. The molecule has 108 valence electrons. The van der Waals surface area contributed by atoms with Crippen LogP contribution < -0.4 is 0 Å². The molecule has 4 rings (SSSR count). The van der Waals surface area contributed by atoms with E-state index in [4.69, 9.17) is 0 Å². The van der Waals surface area contributed by atoms with E-state index in [2.05, 4.69) is 69.3 Å². The first-order valence-electron chi connectivity index (χ1n) is 8.33. The maximum Gasteiger partial charge on any atom is 0.0270 e. The highest BCUT2D eigenvalue weighted by Gasteiger charge is 2.60. The molecule has 0 nitrogen and oxygen atoms in total. The summed E-state index contributed by atoms with van der Waals surface area (Å²) in [5.74, 6) is 0.629.